The Bertz CT molecular complexity index is 1190. The quantitative estimate of drug-likeness (QED) is 0.524. The van der Waals surface area contributed by atoms with Crippen molar-refractivity contribution in [2.75, 3.05) is 58.7 Å². The molecule has 5 aliphatic rings. The first-order chi connectivity index (χ1) is 19.3. The SMILES string of the molecule is CN1C[C@@H](NC2(C)NC(N3CCC(C(=O)N4CCOCC4)(c4ccccc4)CC3)=NC3=C2[S+]([O-])CC3)CCC1=O. The minimum atomic E-state index is -1.11. The molecule has 2 N–H and O–H groups in total. The number of carbonyl (C=O) groups is 2. The molecule has 5 aliphatic heterocycles. The number of nitrogens with one attached hydrogen (secondary N) is 2. The molecule has 0 spiro atoms. The van der Waals surface area contributed by atoms with E-state index in [2.05, 4.69) is 34.6 Å². The third-order valence-electron chi connectivity index (χ3n) is 9.14. The molecule has 0 radical (unpaired) electrons. The fourth-order valence-electron chi connectivity index (χ4n) is 6.94. The molecular weight excluding hydrogens is 528 g/mol. The van der Waals surface area contributed by atoms with Crippen LogP contribution in [0.3, 0.4) is 0 Å². The zero-order valence-electron chi connectivity index (χ0n) is 23.5. The number of amides is 2. The van der Waals surface area contributed by atoms with Crippen LogP contribution in [0.2, 0.25) is 0 Å². The molecule has 2 amide bonds. The first-order valence-corrected chi connectivity index (χ1v) is 15.8. The molecule has 10 nitrogen and oxygen atoms in total. The van der Waals surface area contributed by atoms with E-state index in [1.165, 1.54) is 0 Å². The molecule has 5 heterocycles. The lowest BCUT2D eigenvalue weighted by molar-refractivity contribution is -0.143. The second kappa shape index (κ2) is 11.0. The zero-order chi connectivity index (χ0) is 27.9. The number of morpholine rings is 1. The summed E-state index contributed by atoms with van der Waals surface area (Å²) in [6.07, 6.45) is 3.31. The van der Waals surface area contributed by atoms with Gasteiger partial charge in [-0.25, -0.2) is 4.99 Å². The van der Waals surface area contributed by atoms with E-state index in [0.717, 1.165) is 28.5 Å². The lowest BCUT2D eigenvalue weighted by Crippen LogP contribution is -2.68. The van der Waals surface area contributed by atoms with E-state index in [1.54, 1.807) is 4.90 Å². The second-order valence-corrected chi connectivity index (χ2v) is 13.3. The maximum atomic E-state index is 14.0. The van der Waals surface area contributed by atoms with Crippen molar-refractivity contribution in [3.63, 3.8) is 0 Å². The van der Waals surface area contributed by atoms with Gasteiger partial charge >= 0.3 is 0 Å². The molecule has 11 heteroatoms. The number of aliphatic imine (C=N–C) groups is 1. The number of nitrogens with zero attached hydrogens (tertiary/aromatic N) is 4. The molecule has 3 saturated heterocycles. The number of piperidine rings is 2. The smallest absolute Gasteiger partial charge is 0.233 e. The molecular formula is C29H40N6O4S. The van der Waals surface area contributed by atoms with E-state index in [-0.39, 0.29) is 17.9 Å². The van der Waals surface area contributed by atoms with Gasteiger partial charge in [-0.15, -0.1) is 0 Å². The van der Waals surface area contributed by atoms with Crippen molar-refractivity contribution in [3.05, 3.63) is 46.5 Å². The van der Waals surface area contributed by atoms with Gasteiger partial charge in [0.2, 0.25) is 17.8 Å². The van der Waals surface area contributed by atoms with Crippen molar-refractivity contribution < 1.29 is 18.9 Å². The van der Waals surface area contributed by atoms with E-state index in [0.29, 0.717) is 77.4 Å². The van der Waals surface area contributed by atoms with E-state index in [4.69, 9.17) is 9.73 Å². The molecule has 1 aromatic carbocycles. The third kappa shape index (κ3) is 5.01. The van der Waals surface area contributed by atoms with Gasteiger partial charge in [-0.05, 0) is 42.9 Å². The molecule has 216 valence electrons. The molecule has 0 saturated carbocycles. The Labute approximate surface area is 239 Å². The van der Waals surface area contributed by atoms with Crippen LogP contribution in [-0.2, 0) is 30.9 Å². The summed E-state index contributed by atoms with van der Waals surface area (Å²) in [5.74, 6) is 1.70. The summed E-state index contributed by atoms with van der Waals surface area (Å²) in [6, 6.07) is 10.3. The second-order valence-electron chi connectivity index (χ2n) is 11.8. The minimum absolute atomic E-state index is 0.0872. The lowest BCUT2D eigenvalue weighted by atomic mass is 9.71. The number of guanidine groups is 1. The Kier molecular flexibility index (Phi) is 7.58. The van der Waals surface area contributed by atoms with E-state index >= 15 is 0 Å². The number of benzene rings is 1. The summed E-state index contributed by atoms with van der Waals surface area (Å²) in [7, 11) is 1.84. The van der Waals surface area contributed by atoms with E-state index < -0.39 is 22.3 Å². The van der Waals surface area contributed by atoms with Gasteiger partial charge in [0.15, 0.2) is 10.6 Å². The van der Waals surface area contributed by atoms with Gasteiger partial charge in [0.1, 0.15) is 11.4 Å². The Hall–Kier alpha value is -2.60. The predicted molar refractivity (Wildman–Crippen MR) is 154 cm³/mol. The largest absolute Gasteiger partial charge is 0.612 e. The first kappa shape index (κ1) is 27.6. The molecule has 0 aromatic heterocycles. The van der Waals surface area contributed by atoms with Gasteiger partial charge in [-0.2, -0.15) is 0 Å². The van der Waals surface area contributed by atoms with E-state index in [1.807, 2.05) is 30.1 Å². The van der Waals surface area contributed by atoms with Gasteiger partial charge in [-0.1, -0.05) is 30.3 Å². The van der Waals surface area contributed by atoms with Gasteiger partial charge in [0.05, 0.1) is 18.6 Å². The van der Waals surface area contributed by atoms with Crippen LogP contribution in [0.25, 0.3) is 0 Å². The number of hydrogen-bond donors (Lipinski definition) is 2. The molecule has 40 heavy (non-hydrogen) atoms. The minimum Gasteiger partial charge on any atom is -0.612 e. The van der Waals surface area contributed by atoms with Crippen LogP contribution in [0.4, 0.5) is 0 Å². The monoisotopic (exact) mass is 568 g/mol. The van der Waals surface area contributed by atoms with Crippen LogP contribution >= 0.6 is 0 Å². The van der Waals surface area contributed by atoms with Crippen molar-refractivity contribution in [3.8, 4) is 0 Å². The Morgan fingerprint density at radius 1 is 1.15 bits per heavy atom. The third-order valence-corrected chi connectivity index (χ3v) is 10.8. The van der Waals surface area contributed by atoms with Crippen molar-refractivity contribution in [2.24, 2.45) is 4.99 Å². The summed E-state index contributed by atoms with van der Waals surface area (Å²) in [6.45, 7) is 6.45. The van der Waals surface area contributed by atoms with Crippen molar-refractivity contribution >= 4 is 28.9 Å². The Morgan fingerprint density at radius 2 is 1.88 bits per heavy atom. The van der Waals surface area contributed by atoms with Gasteiger partial charge in [0.25, 0.3) is 0 Å². The van der Waals surface area contributed by atoms with Gasteiger partial charge in [0, 0.05) is 58.7 Å². The van der Waals surface area contributed by atoms with Crippen molar-refractivity contribution in [2.45, 2.75) is 56.1 Å². The number of likely N-dealkylation sites (N-methyl/N-ethyl adjacent to an activating group) is 1. The molecule has 3 atom stereocenters. The molecule has 3 fully saturated rings. The topological polar surface area (TPSA) is 113 Å². The summed E-state index contributed by atoms with van der Waals surface area (Å²) in [4.78, 5) is 37.9. The predicted octanol–water partition coefficient (Wildman–Crippen LogP) is 1.13. The zero-order valence-corrected chi connectivity index (χ0v) is 24.3. The highest BCUT2D eigenvalue weighted by molar-refractivity contribution is 7.95. The van der Waals surface area contributed by atoms with Crippen LogP contribution in [0.15, 0.2) is 45.9 Å². The molecule has 1 aromatic rings. The molecule has 6 rings (SSSR count). The Morgan fingerprint density at radius 3 is 2.58 bits per heavy atom. The highest BCUT2D eigenvalue weighted by Crippen LogP contribution is 2.40. The fraction of sp³-hybridized carbons (Fsp3) is 0.621. The standard InChI is InChI=1S/C29H40N6O4S/c1-28(31-22-8-9-24(36)33(2)20-22)25-23(10-19-40(25)38)30-27(32-28)35-13-11-29(12-14-35,21-6-4-3-5-7-21)26(37)34-15-17-39-18-16-34/h3-7,22,31H,8-20H2,1-2H3,(H,30,32)/t22-,28?,40?/m0/s1. The summed E-state index contributed by atoms with van der Waals surface area (Å²) < 4.78 is 18.6. The summed E-state index contributed by atoms with van der Waals surface area (Å²) >= 11 is -1.11. The number of ether oxygens (including phenoxy) is 1. The van der Waals surface area contributed by atoms with Gasteiger partial charge < -0.3 is 29.3 Å². The highest BCUT2D eigenvalue weighted by atomic mass is 32.2. The highest BCUT2D eigenvalue weighted by Gasteiger charge is 2.51. The fourth-order valence-corrected chi connectivity index (χ4v) is 8.50. The number of rotatable bonds is 4. The lowest BCUT2D eigenvalue weighted by Gasteiger charge is -2.47. The van der Waals surface area contributed by atoms with Crippen LogP contribution in [-0.4, -0.2) is 107 Å². The maximum Gasteiger partial charge on any atom is 0.233 e. The van der Waals surface area contributed by atoms with Crippen molar-refractivity contribution in [1.29, 1.82) is 0 Å². The van der Waals surface area contributed by atoms with E-state index in [9.17, 15) is 14.1 Å². The van der Waals surface area contributed by atoms with Crippen LogP contribution in [0.5, 0.6) is 0 Å². The molecule has 0 bridgehead atoms. The summed E-state index contributed by atoms with van der Waals surface area (Å²) in [5, 5.41) is 7.36. The maximum absolute atomic E-state index is 14.0. The number of carbonyl (C=O) groups excluding carboxylic acids is 2. The first-order valence-electron chi connectivity index (χ1n) is 14.5. The van der Waals surface area contributed by atoms with Gasteiger partial charge in [-0.3, -0.25) is 14.9 Å². The molecule has 2 unspecified atom stereocenters. The van der Waals surface area contributed by atoms with Crippen LogP contribution in [0.1, 0.15) is 44.6 Å². The average Bonchev–Trinajstić information content (AvgIpc) is 3.37. The van der Waals surface area contributed by atoms with Crippen LogP contribution < -0.4 is 10.6 Å². The summed E-state index contributed by atoms with van der Waals surface area (Å²) in [5.41, 5.74) is 0.664. The number of likely N-dealkylation sites (tertiary alicyclic amines) is 2. The normalized spacial score (nSPS) is 30.6. The number of allylic oxidation sites excluding steroid dienone is 1. The van der Waals surface area contributed by atoms with Crippen molar-refractivity contribution in [1.82, 2.24) is 25.3 Å². The Balaban J connectivity index is 1.23. The molecule has 0 aliphatic carbocycles. The number of hydrogen-bond acceptors (Lipinski definition) is 8. The average molecular weight is 569 g/mol. The van der Waals surface area contributed by atoms with Crippen LogP contribution in [0, 0.1) is 0 Å².